The topological polar surface area (TPSA) is 97.2 Å². The molecule has 1 saturated heterocycles. The molecule has 0 spiro atoms. The Kier molecular flexibility index (Phi) is 11.4. The molecule has 12 heteroatoms. The molecule has 2 aliphatic heterocycles. The molecule has 0 radical (unpaired) electrons. The molecule has 1 amide bonds. The highest BCUT2D eigenvalue weighted by atomic mass is 28.4. The van der Waals surface area contributed by atoms with Gasteiger partial charge in [0, 0.05) is 18.3 Å². The van der Waals surface area contributed by atoms with Gasteiger partial charge in [0.15, 0.2) is 20.7 Å². The number of alkyl halides is 1. The third kappa shape index (κ3) is 7.50. The van der Waals surface area contributed by atoms with Crippen molar-refractivity contribution in [2.75, 3.05) is 32.3 Å². The largest absolute Gasteiger partial charge is 0.497 e. The van der Waals surface area contributed by atoms with Gasteiger partial charge in [0.1, 0.15) is 47.1 Å². The van der Waals surface area contributed by atoms with E-state index in [1.165, 1.54) is 6.33 Å². The molecule has 4 heterocycles. The van der Waals surface area contributed by atoms with Crippen LogP contribution in [0.3, 0.4) is 0 Å². The molecule has 2 aliphatic rings. The van der Waals surface area contributed by atoms with Gasteiger partial charge in [0.05, 0.1) is 26.2 Å². The maximum atomic E-state index is 17.7. The third-order valence-corrected chi connectivity index (χ3v) is 16.9. The van der Waals surface area contributed by atoms with E-state index in [1.807, 2.05) is 103 Å². The molecule has 10 nitrogen and oxygen atoms in total. The molecule has 1 fully saturated rings. The van der Waals surface area contributed by atoms with E-state index in [1.54, 1.807) is 35.8 Å². The second-order valence-electron chi connectivity index (χ2n) is 17.1. The Labute approximate surface area is 352 Å². The molecule has 6 aromatic rings. The summed E-state index contributed by atoms with van der Waals surface area (Å²) >= 11 is 0. The summed E-state index contributed by atoms with van der Waals surface area (Å²) in [5.74, 6) is 1.78. The highest BCUT2D eigenvalue weighted by molar-refractivity contribution is 6.74. The molecule has 0 N–H and O–H groups in total. The molecular weight excluding hydrogens is 776 g/mol. The fraction of sp³-hybridized carbons (Fsp3) is 0.354. The molecule has 0 saturated carbocycles. The number of benzene rings is 4. The summed E-state index contributed by atoms with van der Waals surface area (Å²) in [5, 5.41) is 0.510. The molecule has 4 aromatic carbocycles. The number of methoxy groups -OCH3 is 2. The van der Waals surface area contributed by atoms with Crippen LogP contribution in [-0.2, 0) is 25.9 Å². The van der Waals surface area contributed by atoms with Crippen molar-refractivity contribution in [2.24, 2.45) is 0 Å². The number of aromatic nitrogens is 3. The molecule has 4 atom stereocenters. The number of hydrogen-bond acceptors (Lipinski definition) is 8. The Hall–Kier alpha value is -5.40. The van der Waals surface area contributed by atoms with Crippen molar-refractivity contribution < 1.29 is 32.6 Å². The van der Waals surface area contributed by atoms with Gasteiger partial charge < -0.3 is 27.9 Å². The summed E-state index contributed by atoms with van der Waals surface area (Å²) in [5.41, 5.74) is 3.42. The minimum atomic E-state index is -2.57. The van der Waals surface area contributed by atoms with E-state index in [-0.39, 0.29) is 17.6 Å². The SMILES string of the molecule is COc1ccc(C(OC[C@H]2O[C@@H](n3cc4c5c(ncnc53)N(C(=O)c3ccccc3)CCC4)[C@H](F)[C@@H]2O[Si](C)(C)C(C)(C)C)(c2ccccc2)c2ccc(OC)cc2)cc1. The summed E-state index contributed by atoms with van der Waals surface area (Å²) in [6.07, 6.45) is 0.236. The quantitative estimate of drug-likeness (QED) is 0.0889. The van der Waals surface area contributed by atoms with Crippen molar-refractivity contribution in [3.8, 4) is 11.5 Å². The number of halogens is 1. The van der Waals surface area contributed by atoms with Gasteiger partial charge >= 0.3 is 0 Å². The van der Waals surface area contributed by atoms with Crippen molar-refractivity contribution in [1.82, 2.24) is 14.5 Å². The molecule has 8 rings (SSSR count). The fourth-order valence-electron chi connectivity index (χ4n) is 8.19. The van der Waals surface area contributed by atoms with Crippen molar-refractivity contribution in [1.29, 1.82) is 0 Å². The van der Waals surface area contributed by atoms with Crippen LogP contribution in [0.15, 0.2) is 122 Å². The second kappa shape index (κ2) is 16.6. The van der Waals surface area contributed by atoms with Gasteiger partial charge in [0.2, 0.25) is 0 Å². The van der Waals surface area contributed by atoms with Crippen LogP contribution in [-0.4, -0.2) is 74.5 Å². The number of hydrogen-bond donors (Lipinski definition) is 0. The molecule has 0 bridgehead atoms. The number of aryl methyl sites for hydroxylation is 1. The molecule has 60 heavy (non-hydrogen) atoms. The van der Waals surface area contributed by atoms with Gasteiger partial charge in [-0.05, 0) is 89.6 Å². The summed E-state index contributed by atoms with van der Waals surface area (Å²) in [7, 11) is 0.707. The highest BCUT2D eigenvalue weighted by Crippen LogP contribution is 2.47. The first-order chi connectivity index (χ1) is 28.9. The minimum absolute atomic E-state index is 0.0190. The zero-order valence-electron chi connectivity index (χ0n) is 35.3. The van der Waals surface area contributed by atoms with Crippen LogP contribution < -0.4 is 14.4 Å². The average Bonchev–Trinajstić information content (AvgIpc) is 3.71. The number of carbonyl (C=O) groups excluding carboxylic acids is 1. The average molecular weight is 829 g/mol. The van der Waals surface area contributed by atoms with Crippen LogP contribution in [0.5, 0.6) is 11.5 Å². The zero-order chi connectivity index (χ0) is 42.2. The van der Waals surface area contributed by atoms with Crippen molar-refractivity contribution >= 4 is 31.1 Å². The first-order valence-electron chi connectivity index (χ1n) is 20.5. The Balaban J connectivity index is 1.21. The van der Waals surface area contributed by atoms with E-state index in [9.17, 15) is 4.79 Å². The highest BCUT2D eigenvalue weighted by Gasteiger charge is 2.53. The van der Waals surface area contributed by atoms with Gasteiger partial charge in [-0.3, -0.25) is 9.69 Å². The summed E-state index contributed by atoms with van der Waals surface area (Å²) in [6, 6.07) is 34.8. The van der Waals surface area contributed by atoms with Gasteiger partial charge in [0.25, 0.3) is 5.91 Å². The number of nitrogens with zero attached hydrogens (tertiary/aromatic N) is 4. The van der Waals surface area contributed by atoms with E-state index >= 15 is 4.39 Å². The number of anilines is 1. The third-order valence-electron chi connectivity index (χ3n) is 12.4. The van der Waals surface area contributed by atoms with E-state index < -0.39 is 38.5 Å². The smallest absolute Gasteiger partial charge is 0.259 e. The van der Waals surface area contributed by atoms with Crippen LogP contribution in [0, 0.1) is 0 Å². The van der Waals surface area contributed by atoms with E-state index in [4.69, 9.17) is 28.4 Å². The monoisotopic (exact) mass is 828 g/mol. The maximum Gasteiger partial charge on any atom is 0.259 e. The Morgan fingerprint density at radius 2 is 1.42 bits per heavy atom. The van der Waals surface area contributed by atoms with Crippen LogP contribution in [0.2, 0.25) is 18.1 Å². The lowest BCUT2D eigenvalue weighted by Gasteiger charge is -2.40. The maximum absolute atomic E-state index is 17.7. The molecular formula is C48H53FN4O6Si. The van der Waals surface area contributed by atoms with Crippen molar-refractivity contribution in [3.05, 3.63) is 150 Å². The van der Waals surface area contributed by atoms with Gasteiger partial charge in [-0.1, -0.05) is 93.6 Å². The van der Waals surface area contributed by atoms with Crippen molar-refractivity contribution in [3.63, 3.8) is 0 Å². The molecule has 2 aromatic heterocycles. The summed E-state index contributed by atoms with van der Waals surface area (Å²) in [6.45, 7) is 11.2. The van der Waals surface area contributed by atoms with Gasteiger partial charge in [-0.15, -0.1) is 0 Å². The van der Waals surface area contributed by atoms with Crippen molar-refractivity contribution in [2.45, 2.75) is 82.0 Å². The zero-order valence-corrected chi connectivity index (χ0v) is 36.3. The van der Waals surface area contributed by atoms with Crippen LogP contribution in [0.4, 0.5) is 10.2 Å². The van der Waals surface area contributed by atoms with Crippen LogP contribution in [0.25, 0.3) is 11.0 Å². The second-order valence-corrected chi connectivity index (χ2v) is 21.8. The fourth-order valence-corrected chi connectivity index (χ4v) is 9.51. The molecule has 312 valence electrons. The molecule has 0 aliphatic carbocycles. The lowest BCUT2D eigenvalue weighted by atomic mass is 9.80. The Morgan fingerprint density at radius 3 is 2.00 bits per heavy atom. The van der Waals surface area contributed by atoms with E-state index in [0.717, 1.165) is 27.6 Å². The van der Waals surface area contributed by atoms with Gasteiger partial charge in [-0.2, -0.15) is 0 Å². The summed E-state index contributed by atoms with van der Waals surface area (Å²) < 4.78 is 51.8. The predicted octanol–water partition coefficient (Wildman–Crippen LogP) is 9.68. The Bertz CT molecular complexity index is 2370. The lowest BCUT2D eigenvalue weighted by molar-refractivity contribution is -0.0920. The van der Waals surface area contributed by atoms with Crippen LogP contribution in [0.1, 0.15) is 66.0 Å². The summed E-state index contributed by atoms with van der Waals surface area (Å²) in [4.78, 5) is 24.9. The number of amides is 1. The first kappa shape index (κ1) is 41.3. The normalized spacial score (nSPS) is 19.6. The minimum Gasteiger partial charge on any atom is -0.497 e. The van der Waals surface area contributed by atoms with E-state index in [2.05, 4.69) is 38.8 Å². The van der Waals surface area contributed by atoms with E-state index in [0.29, 0.717) is 47.9 Å². The molecule has 0 unspecified atom stereocenters. The number of ether oxygens (including phenoxy) is 4. The first-order valence-corrected chi connectivity index (χ1v) is 23.4. The predicted molar refractivity (Wildman–Crippen MR) is 233 cm³/mol. The van der Waals surface area contributed by atoms with Gasteiger partial charge in [-0.25, -0.2) is 14.4 Å². The van der Waals surface area contributed by atoms with Crippen LogP contribution >= 0.6 is 0 Å². The standard InChI is InChI=1S/C48H53FN4O6Si/c1-47(2,3)60(6,7)59-42-39(30-57-48(34-18-12-9-13-19-34,35-20-24-37(55-4)25-21-35)36-22-26-38(56-5)27-23-36)58-46(41(42)49)53-29-33-17-14-28-52(43-40(33)44(53)51-31-50-43)45(54)32-15-10-8-11-16-32/h8-13,15-16,18-27,29,31,39,41-42,46H,14,17,28,30H2,1-7H3/t39-,41-,42-,46-/m1/s1. The number of carbonyl (C=O) groups is 1. The lowest BCUT2D eigenvalue weighted by Crippen LogP contribution is -2.49. The number of rotatable bonds is 12. The Morgan fingerprint density at radius 1 is 0.833 bits per heavy atom.